The lowest BCUT2D eigenvalue weighted by Crippen LogP contribution is -2.17. The molecule has 0 atom stereocenters. The fourth-order valence-electron chi connectivity index (χ4n) is 2.13. The van der Waals surface area contributed by atoms with E-state index in [9.17, 15) is 4.79 Å². The first-order chi connectivity index (χ1) is 9.88. The largest absolute Gasteiger partial charge is 0.336 e. The molecule has 1 aromatic heterocycles. The summed E-state index contributed by atoms with van der Waals surface area (Å²) in [5, 5.41) is 11.2. The van der Waals surface area contributed by atoms with Gasteiger partial charge in [-0.05, 0) is 38.8 Å². The number of anilines is 1. The number of carbonyl (C=O) groups is 1. The summed E-state index contributed by atoms with van der Waals surface area (Å²) in [6.45, 7) is 7.78. The third kappa shape index (κ3) is 3.55. The van der Waals surface area contributed by atoms with Gasteiger partial charge in [0.05, 0.1) is 5.75 Å². The van der Waals surface area contributed by atoms with Gasteiger partial charge in [0.25, 0.3) is 0 Å². The van der Waals surface area contributed by atoms with Crippen molar-refractivity contribution in [2.75, 3.05) is 16.9 Å². The number of hydrogen-bond acceptors (Lipinski definition) is 5. The third-order valence-corrected chi connectivity index (χ3v) is 4.05. The van der Waals surface area contributed by atoms with Crippen LogP contribution >= 0.6 is 11.8 Å². The predicted octanol–water partition coefficient (Wildman–Crippen LogP) is 1.96. The Hall–Kier alpha value is -2.02. The van der Waals surface area contributed by atoms with Crippen LogP contribution in [0.3, 0.4) is 0 Å². The van der Waals surface area contributed by atoms with Gasteiger partial charge in [-0.3, -0.25) is 4.79 Å². The highest BCUT2D eigenvalue weighted by Crippen LogP contribution is 2.22. The second-order valence-electron chi connectivity index (χ2n) is 5.01. The number of aryl methyl sites for hydroxylation is 4. The van der Waals surface area contributed by atoms with Crippen molar-refractivity contribution in [1.82, 2.24) is 14.9 Å². The number of nitrogen functional groups attached to an aromatic ring is 1. The molecule has 0 radical (unpaired) electrons. The number of nitrogens with one attached hydrogen (secondary N) is 1. The van der Waals surface area contributed by atoms with Crippen molar-refractivity contribution >= 4 is 23.4 Å². The molecule has 0 unspecified atom stereocenters. The maximum atomic E-state index is 12.1. The van der Waals surface area contributed by atoms with Crippen LogP contribution in [0.25, 0.3) is 0 Å². The normalized spacial score (nSPS) is 10.7. The zero-order chi connectivity index (χ0) is 15.6. The lowest BCUT2D eigenvalue weighted by Gasteiger charge is -2.12. The van der Waals surface area contributed by atoms with Gasteiger partial charge >= 0.3 is 0 Å². The number of nitrogens with zero attached hydrogens (tertiary/aromatic N) is 3. The zero-order valence-corrected chi connectivity index (χ0v) is 13.4. The first kappa shape index (κ1) is 15.4. The predicted molar refractivity (Wildman–Crippen MR) is 84.9 cm³/mol. The first-order valence-electron chi connectivity index (χ1n) is 6.56. The van der Waals surface area contributed by atoms with Gasteiger partial charge in [-0.1, -0.05) is 29.5 Å². The number of nitrogens with two attached hydrogens (primary N) is 1. The Morgan fingerprint density at radius 2 is 1.86 bits per heavy atom. The van der Waals surface area contributed by atoms with E-state index < -0.39 is 0 Å². The minimum Gasteiger partial charge on any atom is -0.336 e. The number of hydrogen-bond donors (Lipinski definition) is 2. The SMILES string of the molecule is Cc1cc(C)c(NC(=O)CSc2nnc(C)n2N)c(C)c1. The molecule has 2 rings (SSSR count). The minimum absolute atomic E-state index is 0.0873. The Kier molecular flexibility index (Phi) is 4.52. The number of thioether (sulfide) groups is 1. The molecule has 0 saturated carbocycles. The van der Waals surface area contributed by atoms with Crippen LogP contribution in [0.5, 0.6) is 0 Å². The van der Waals surface area contributed by atoms with Gasteiger partial charge in [0.1, 0.15) is 5.82 Å². The highest BCUT2D eigenvalue weighted by atomic mass is 32.2. The Balaban J connectivity index is 2.01. The van der Waals surface area contributed by atoms with Crippen molar-refractivity contribution in [3.8, 4) is 0 Å². The van der Waals surface area contributed by atoms with Crippen LogP contribution in [-0.4, -0.2) is 26.5 Å². The fourth-order valence-corrected chi connectivity index (χ4v) is 2.83. The summed E-state index contributed by atoms with van der Waals surface area (Å²) < 4.78 is 1.38. The molecule has 2 aromatic rings. The van der Waals surface area contributed by atoms with Crippen LogP contribution in [-0.2, 0) is 4.79 Å². The summed E-state index contributed by atoms with van der Waals surface area (Å²) in [5.41, 5.74) is 4.17. The Morgan fingerprint density at radius 3 is 2.38 bits per heavy atom. The molecule has 1 amide bonds. The van der Waals surface area contributed by atoms with E-state index in [0.717, 1.165) is 16.8 Å². The number of benzene rings is 1. The fraction of sp³-hybridized carbons (Fsp3) is 0.357. The van der Waals surface area contributed by atoms with Crippen molar-refractivity contribution in [2.24, 2.45) is 0 Å². The molecule has 0 aliphatic rings. The quantitative estimate of drug-likeness (QED) is 0.666. The van der Waals surface area contributed by atoms with Crippen LogP contribution in [0.4, 0.5) is 5.69 Å². The van der Waals surface area contributed by atoms with E-state index in [0.29, 0.717) is 11.0 Å². The van der Waals surface area contributed by atoms with E-state index in [1.165, 1.54) is 22.0 Å². The zero-order valence-electron chi connectivity index (χ0n) is 12.6. The van der Waals surface area contributed by atoms with Crippen molar-refractivity contribution in [3.63, 3.8) is 0 Å². The Labute approximate surface area is 128 Å². The molecule has 0 aliphatic carbocycles. The first-order valence-corrected chi connectivity index (χ1v) is 7.54. The number of aromatic nitrogens is 3. The highest BCUT2D eigenvalue weighted by Gasteiger charge is 2.12. The topological polar surface area (TPSA) is 85.8 Å². The van der Waals surface area contributed by atoms with Crippen LogP contribution < -0.4 is 11.2 Å². The van der Waals surface area contributed by atoms with Crippen molar-refractivity contribution < 1.29 is 4.79 Å². The van der Waals surface area contributed by atoms with Gasteiger partial charge in [-0.15, -0.1) is 10.2 Å². The van der Waals surface area contributed by atoms with Crippen LogP contribution in [0.1, 0.15) is 22.5 Å². The van der Waals surface area contributed by atoms with Crippen LogP contribution in [0, 0.1) is 27.7 Å². The average molecular weight is 305 g/mol. The number of carbonyl (C=O) groups excluding carboxylic acids is 1. The molecule has 112 valence electrons. The second-order valence-corrected chi connectivity index (χ2v) is 5.95. The molecule has 0 bridgehead atoms. The minimum atomic E-state index is -0.0873. The molecular weight excluding hydrogens is 286 g/mol. The van der Waals surface area contributed by atoms with Crippen LogP contribution in [0.2, 0.25) is 0 Å². The smallest absolute Gasteiger partial charge is 0.234 e. The van der Waals surface area contributed by atoms with Gasteiger partial charge < -0.3 is 11.2 Å². The van der Waals surface area contributed by atoms with Gasteiger partial charge in [-0.2, -0.15) is 0 Å². The molecule has 0 spiro atoms. The van der Waals surface area contributed by atoms with Gasteiger partial charge in [0, 0.05) is 5.69 Å². The van der Waals surface area contributed by atoms with Crippen LogP contribution in [0.15, 0.2) is 17.3 Å². The summed E-state index contributed by atoms with van der Waals surface area (Å²) in [4.78, 5) is 12.1. The van der Waals surface area contributed by atoms with E-state index in [1.807, 2.05) is 20.8 Å². The van der Waals surface area contributed by atoms with E-state index in [4.69, 9.17) is 5.84 Å². The Morgan fingerprint density at radius 1 is 1.24 bits per heavy atom. The standard InChI is InChI=1S/C14H19N5OS/c1-8-5-9(2)13(10(3)6-8)16-12(20)7-21-14-18-17-11(4)19(14)15/h5-6H,7,15H2,1-4H3,(H,16,20). The molecule has 6 nitrogen and oxygen atoms in total. The Bertz CT molecular complexity index is 657. The summed E-state index contributed by atoms with van der Waals surface area (Å²) in [7, 11) is 0. The van der Waals surface area contributed by atoms with Crippen molar-refractivity contribution in [1.29, 1.82) is 0 Å². The average Bonchev–Trinajstić information content (AvgIpc) is 2.72. The molecule has 3 N–H and O–H groups in total. The van der Waals surface area contributed by atoms with Gasteiger partial charge in [0.2, 0.25) is 11.1 Å². The number of amides is 1. The molecule has 0 fully saturated rings. The molecular formula is C14H19N5OS. The summed E-state index contributed by atoms with van der Waals surface area (Å²) >= 11 is 1.26. The molecule has 1 heterocycles. The maximum Gasteiger partial charge on any atom is 0.234 e. The number of rotatable bonds is 4. The molecule has 1 aromatic carbocycles. The third-order valence-electron chi connectivity index (χ3n) is 3.11. The monoisotopic (exact) mass is 305 g/mol. The summed E-state index contributed by atoms with van der Waals surface area (Å²) in [6.07, 6.45) is 0. The molecule has 7 heteroatoms. The lowest BCUT2D eigenvalue weighted by atomic mass is 10.1. The highest BCUT2D eigenvalue weighted by molar-refractivity contribution is 7.99. The van der Waals surface area contributed by atoms with E-state index >= 15 is 0 Å². The molecule has 21 heavy (non-hydrogen) atoms. The molecule has 0 saturated heterocycles. The van der Waals surface area contributed by atoms with Crippen molar-refractivity contribution in [3.05, 3.63) is 34.6 Å². The van der Waals surface area contributed by atoms with E-state index in [-0.39, 0.29) is 11.7 Å². The van der Waals surface area contributed by atoms with Gasteiger partial charge in [-0.25, -0.2) is 4.68 Å². The van der Waals surface area contributed by atoms with E-state index in [1.54, 1.807) is 6.92 Å². The lowest BCUT2D eigenvalue weighted by molar-refractivity contribution is -0.113. The van der Waals surface area contributed by atoms with Gasteiger partial charge in [0.15, 0.2) is 0 Å². The summed E-state index contributed by atoms with van der Waals surface area (Å²) in [6, 6.07) is 4.10. The second kappa shape index (κ2) is 6.17. The molecule has 0 aliphatic heterocycles. The van der Waals surface area contributed by atoms with Crippen molar-refractivity contribution in [2.45, 2.75) is 32.9 Å². The maximum absolute atomic E-state index is 12.1. The van der Waals surface area contributed by atoms with E-state index in [2.05, 4.69) is 27.6 Å². The summed E-state index contributed by atoms with van der Waals surface area (Å²) in [5.74, 6) is 6.51.